The Bertz CT molecular complexity index is 2190. The summed E-state index contributed by atoms with van der Waals surface area (Å²) in [6.07, 6.45) is 0. The minimum atomic E-state index is 0.948. The summed E-state index contributed by atoms with van der Waals surface area (Å²) < 4.78 is 6.64. The molecule has 4 nitrogen and oxygen atoms in total. The molecule has 3 N–H and O–H groups in total. The fraction of sp³-hybridized carbons (Fsp3) is 0. The van der Waals surface area contributed by atoms with E-state index in [2.05, 4.69) is 75.6 Å². The van der Waals surface area contributed by atoms with E-state index in [-0.39, 0.29) is 0 Å². The van der Waals surface area contributed by atoms with Gasteiger partial charge in [-0.1, -0.05) is 24.3 Å². The lowest BCUT2D eigenvalue weighted by molar-refractivity contribution is 0.673. The smallest absolute Gasteiger partial charge is 0.144 e. The molecule has 4 aromatic heterocycles. The van der Waals surface area contributed by atoms with E-state index >= 15 is 0 Å². The van der Waals surface area contributed by atoms with E-state index in [0.29, 0.717) is 0 Å². The second-order valence-corrected chi connectivity index (χ2v) is 9.16. The van der Waals surface area contributed by atoms with E-state index in [1.807, 2.05) is 0 Å². The van der Waals surface area contributed by atoms with Gasteiger partial charge in [-0.05, 0) is 36.4 Å². The van der Waals surface area contributed by atoms with E-state index in [9.17, 15) is 0 Å². The first kappa shape index (κ1) is 14.5. The molecule has 146 valence electrons. The Morgan fingerprint density at radius 3 is 1.66 bits per heavy atom. The van der Waals surface area contributed by atoms with E-state index in [1.165, 1.54) is 76.1 Å². The monoisotopic (exact) mass is 407 g/mol. The van der Waals surface area contributed by atoms with Crippen molar-refractivity contribution in [3.05, 3.63) is 60.7 Å². The number of aromatic amines is 3. The Hall–Kier alpha value is -4.44. The highest BCUT2D eigenvalue weighted by Crippen LogP contribution is 2.51. The normalized spacial score (nSPS) is 13.6. The molecular formula is C28H13N3O. The molecule has 0 saturated carbocycles. The molecule has 6 aromatic carbocycles. The minimum Gasteiger partial charge on any atom is -0.455 e. The summed E-state index contributed by atoms with van der Waals surface area (Å²) in [5.41, 5.74) is 8.97. The van der Waals surface area contributed by atoms with Crippen LogP contribution in [0, 0.1) is 0 Å². The van der Waals surface area contributed by atoms with E-state index in [0.717, 1.165) is 22.1 Å². The van der Waals surface area contributed by atoms with Gasteiger partial charge in [0.25, 0.3) is 0 Å². The van der Waals surface area contributed by atoms with E-state index in [4.69, 9.17) is 4.42 Å². The third-order valence-electron chi connectivity index (χ3n) is 7.76. The molecule has 0 radical (unpaired) electrons. The Kier molecular flexibility index (Phi) is 1.95. The highest BCUT2D eigenvalue weighted by Gasteiger charge is 2.26. The van der Waals surface area contributed by atoms with Gasteiger partial charge in [-0.3, -0.25) is 0 Å². The Morgan fingerprint density at radius 1 is 0.438 bits per heavy atom. The largest absolute Gasteiger partial charge is 0.455 e. The lowest BCUT2D eigenvalue weighted by Crippen LogP contribution is -1.81. The summed E-state index contributed by atoms with van der Waals surface area (Å²) in [6, 6.07) is 21.7. The molecule has 10 aromatic rings. The average molecular weight is 407 g/mol. The van der Waals surface area contributed by atoms with Crippen LogP contribution in [0.2, 0.25) is 0 Å². The number of furan rings is 1. The van der Waals surface area contributed by atoms with Crippen molar-refractivity contribution < 1.29 is 4.42 Å². The maximum Gasteiger partial charge on any atom is 0.144 e. The number of benzene rings is 5. The van der Waals surface area contributed by atoms with Crippen LogP contribution >= 0.6 is 0 Å². The summed E-state index contributed by atoms with van der Waals surface area (Å²) in [5, 5.41) is 12.5. The summed E-state index contributed by atoms with van der Waals surface area (Å²) in [4.78, 5) is 11.2. The highest BCUT2D eigenvalue weighted by atomic mass is 16.3. The standard InChI is InChI=1S/C28H13N3O/c1-2-4-12-11(3-1)27-25-23-17(31-27)8-7-15-21(23)19-13(29-15)5-6-14-20(19)22-16(30-14)9-10-18-24(22)26(25)28(12)32-18/h1-10,29-31H. The third kappa shape index (κ3) is 1.28. The van der Waals surface area contributed by atoms with Gasteiger partial charge in [0.05, 0.1) is 5.52 Å². The predicted octanol–water partition coefficient (Wildman–Crippen LogP) is 7.96. The summed E-state index contributed by atoms with van der Waals surface area (Å²) in [6.45, 7) is 0. The average Bonchev–Trinajstić information content (AvgIpc) is 3.54. The molecule has 0 bridgehead atoms. The molecule has 0 unspecified atom stereocenters. The Morgan fingerprint density at radius 2 is 0.969 bits per heavy atom. The van der Waals surface area contributed by atoms with Crippen LogP contribution in [0.25, 0.3) is 98.1 Å². The topological polar surface area (TPSA) is 60.5 Å². The first-order valence-corrected chi connectivity index (χ1v) is 11.0. The maximum absolute atomic E-state index is 6.64. The van der Waals surface area contributed by atoms with Crippen molar-refractivity contribution in [2.45, 2.75) is 0 Å². The van der Waals surface area contributed by atoms with Crippen LogP contribution in [0.1, 0.15) is 0 Å². The lowest BCUT2D eigenvalue weighted by Gasteiger charge is -2.06. The molecule has 0 aliphatic rings. The van der Waals surface area contributed by atoms with Crippen LogP contribution in [0.5, 0.6) is 0 Å². The predicted molar refractivity (Wildman–Crippen MR) is 133 cm³/mol. The number of aromatic nitrogens is 3. The number of hydrogen-bond donors (Lipinski definition) is 3. The molecule has 32 heavy (non-hydrogen) atoms. The second kappa shape index (κ2) is 4.30. The molecule has 4 heterocycles. The maximum atomic E-state index is 6.64. The lowest BCUT2D eigenvalue weighted by atomic mass is 9.93. The molecule has 0 atom stereocenters. The Balaban J connectivity index is 1.81. The summed E-state index contributed by atoms with van der Waals surface area (Å²) >= 11 is 0. The second-order valence-electron chi connectivity index (χ2n) is 9.16. The molecule has 0 aliphatic heterocycles. The van der Waals surface area contributed by atoms with Gasteiger partial charge in [-0.2, -0.15) is 0 Å². The molecule has 0 saturated heterocycles. The zero-order valence-electron chi connectivity index (χ0n) is 16.7. The van der Waals surface area contributed by atoms with Gasteiger partial charge >= 0.3 is 0 Å². The fourth-order valence-corrected chi connectivity index (χ4v) is 6.61. The molecule has 0 fully saturated rings. The third-order valence-corrected chi connectivity index (χ3v) is 7.76. The molecule has 0 amide bonds. The summed E-state index contributed by atoms with van der Waals surface area (Å²) in [5.74, 6) is 0. The van der Waals surface area contributed by atoms with Crippen molar-refractivity contribution in [3.8, 4) is 0 Å². The van der Waals surface area contributed by atoms with Gasteiger partial charge in [0.2, 0.25) is 0 Å². The van der Waals surface area contributed by atoms with Crippen LogP contribution < -0.4 is 0 Å². The van der Waals surface area contributed by atoms with Crippen molar-refractivity contribution in [1.29, 1.82) is 0 Å². The minimum absolute atomic E-state index is 0.948. The number of rotatable bonds is 0. The number of H-pyrrole nitrogens is 3. The van der Waals surface area contributed by atoms with Crippen molar-refractivity contribution in [2.24, 2.45) is 0 Å². The van der Waals surface area contributed by atoms with Gasteiger partial charge in [0.1, 0.15) is 11.2 Å². The van der Waals surface area contributed by atoms with Crippen LogP contribution in [-0.4, -0.2) is 15.0 Å². The zero-order valence-corrected chi connectivity index (χ0v) is 16.7. The highest BCUT2D eigenvalue weighted by molar-refractivity contribution is 6.47. The van der Waals surface area contributed by atoms with Crippen LogP contribution in [-0.2, 0) is 0 Å². The molecule has 0 aliphatic carbocycles. The SMILES string of the molecule is c1ccc2c(c1)c1[nH]c3ccc4[nH]c5ccc6[nH]c7ccc8oc2c2c8c7c6c5c4c3c12. The first-order valence-electron chi connectivity index (χ1n) is 11.0. The van der Waals surface area contributed by atoms with E-state index in [1.54, 1.807) is 0 Å². The molecular weight excluding hydrogens is 394 g/mol. The van der Waals surface area contributed by atoms with Crippen LogP contribution in [0.4, 0.5) is 0 Å². The fourth-order valence-electron chi connectivity index (χ4n) is 6.61. The van der Waals surface area contributed by atoms with Crippen molar-refractivity contribution in [1.82, 2.24) is 15.0 Å². The molecule has 10 rings (SSSR count). The van der Waals surface area contributed by atoms with Crippen molar-refractivity contribution in [3.63, 3.8) is 0 Å². The van der Waals surface area contributed by atoms with Gasteiger partial charge in [-0.25, -0.2) is 0 Å². The van der Waals surface area contributed by atoms with Crippen LogP contribution in [0.3, 0.4) is 0 Å². The van der Waals surface area contributed by atoms with Crippen molar-refractivity contribution >= 4 is 98.1 Å². The number of hydrogen-bond acceptors (Lipinski definition) is 1. The van der Waals surface area contributed by atoms with Gasteiger partial charge in [0.15, 0.2) is 0 Å². The Labute approximate surface area is 178 Å². The first-order chi connectivity index (χ1) is 15.9. The van der Waals surface area contributed by atoms with Crippen LogP contribution in [0.15, 0.2) is 65.1 Å². The zero-order chi connectivity index (χ0) is 20.3. The summed E-state index contributed by atoms with van der Waals surface area (Å²) in [7, 11) is 0. The van der Waals surface area contributed by atoms with Gasteiger partial charge in [-0.15, -0.1) is 0 Å². The van der Waals surface area contributed by atoms with Crippen molar-refractivity contribution in [2.75, 3.05) is 0 Å². The molecule has 4 heteroatoms. The number of fused-ring (bicyclic) bond motifs is 3. The van der Waals surface area contributed by atoms with E-state index < -0.39 is 0 Å². The van der Waals surface area contributed by atoms with Gasteiger partial charge in [0, 0.05) is 81.4 Å². The van der Waals surface area contributed by atoms with Gasteiger partial charge < -0.3 is 19.4 Å². The quantitative estimate of drug-likeness (QED) is 0.235. The molecule has 0 spiro atoms. The number of nitrogens with one attached hydrogen (secondary N) is 3.